The molecule has 0 spiro atoms. The number of carboxylic acids is 4. The Morgan fingerprint density at radius 3 is 1.55 bits per heavy atom. The summed E-state index contributed by atoms with van der Waals surface area (Å²) in [5.74, 6) is -14.4. The topological polar surface area (TPSA) is 305 Å². The normalized spacial score (nSPS) is 20.7. The van der Waals surface area contributed by atoms with Gasteiger partial charge in [0, 0.05) is 59.6 Å². The van der Waals surface area contributed by atoms with Crippen LogP contribution in [0.15, 0.2) is 0 Å². The maximum absolute atomic E-state index is 13.1. The number of hydrogen-bond acceptors (Lipinski definition) is 13. The van der Waals surface area contributed by atoms with Gasteiger partial charge in [-0.2, -0.15) is 0 Å². The van der Waals surface area contributed by atoms with Gasteiger partial charge in [0.05, 0.1) is 17.8 Å². The number of nitrogens with one attached hydrogen (secondary N) is 1. The molecule has 56 heavy (non-hydrogen) atoms. The fourth-order valence-corrected chi connectivity index (χ4v) is 6.88. The van der Waals surface area contributed by atoms with Crippen molar-refractivity contribution < 1.29 is 69.0 Å². The van der Waals surface area contributed by atoms with Crippen molar-refractivity contribution in [1.29, 1.82) is 0 Å². The lowest BCUT2D eigenvalue weighted by Crippen LogP contribution is -2.48. The molecule has 8 unspecified atom stereocenters. The van der Waals surface area contributed by atoms with E-state index < -0.39 is 65.3 Å². The zero-order valence-electron chi connectivity index (χ0n) is 33.0. The highest BCUT2D eigenvalue weighted by atomic mass is 16.6. The summed E-state index contributed by atoms with van der Waals surface area (Å²) in [5.41, 5.74) is 5.38. The molecule has 2 aliphatic carbocycles. The molecule has 0 aromatic carbocycles. The lowest BCUT2D eigenvalue weighted by molar-refractivity contribution is -0.315. The van der Waals surface area contributed by atoms with Gasteiger partial charge in [-0.25, -0.2) is 0 Å². The number of amides is 1. The fourth-order valence-electron chi connectivity index (χ4n) is 6.88. The molecule has 3 aliphatic rings. The second-order valence-corrected chi connectivity index (χ2v) is 15.1. The van der Waals surface area contributed by atoms with Gasteiger partial charge in [0.1, 0.15) is 5.78 Å². The molecule has 1 aliphatic heterocycles. The van der Waals surface area contributed by atoms with Crippen LogP contribution in [0, 0.1) is 47.3 Å². The van der Waals surface area contributed by atoms with Gasteiger partial charge in [-0.15, -0.1) is 0 Å². The maximum atomic E-state index is 13.1. The third-order valence-electron chi connectivity index (χ3n) is 11.1. The first-order chi connectivity index (χ1) is 25.4. The van der Waals surface area contributed by atoms with Gasteiger partial charge < -0.3 is 56.1 Å². The molecule has 16 heteroatoms. The molecule has 1 amide bonds. The minimum atomic E-state index is -1.50. The second-order valence-electron chi connectivity index (χ2n) is 15.1. The number of ketones is 1. The number of carbonyl (C=O) groups excluding carboxylic acids is 7. The minimum absolute atomic E-state index is 0. The molecule has 0 aromatic rings. The van der Waals surface area contributed by atoms with Crippen molar-refractivity contribution in [1.82, 2.24) is 5.32 Å². The smallest absolute Gasteiger partial charge is 0.317 e. The lowest BCUT2D eigenvalue weighted by atomic mass is 9.79. The number of ether oxygens (including phenoxy) is 1. The van der Waals surface area contributed by atoms with E-state index in [1.165, 1.54) is 33.1 Å². The number of aliphatic carboxylic acids is 4. The van der Waals surface area contributed by atoms with Gasteiger partial charge in [-0.1, -0.05) is 67.2 Å². The Morgan fingerprint density at radius 2 is 1.21 bits per heavy atom. The van der Waals surface area contributed by atoms with Gasteiger partial charge in [0.2, 0.25) is 5.91 Å². The highest BCUT2D eigenvalue weighted by molar-refractivity contribution is 5.96. The Labute approximate surface area is 331 Å². The van der Waals surface area contributed by atoms with Crippen LogP contribution in [0.3, 0.4) is 0 Å². The van der Waals surface area contributed by atoms with E-state index in [1.807, 2.05) is 6.92 Å². The zero-order valence-corrected chi connectivity index (χ0v) is 33.0. The van der Waals surface area contributed by atoms with Crippen molar-refractivity contribution in [2.45, 2.75) is 157 Å². The molecule has 0 aromatic heterocycles. The van der Waals surface area contributed by atoms with Crippen LogP contribution in [-0.4, -0.2) is 70.2 Å². The standard InChI is InChI=1S/C27H43NO10.C8H12O3.C4H9N.CH4.H2O/c1-4-8-20(25(33)34)22(27(37)38)14-7-13-21(26(35)36)19(23(30)28-17-9-5-10-17)12-6-11-18(24(31)32)15(2)16(3)29;1-3-4-6-5(2)7(9)11-8(6)10;5-4-2-1-3-4;;/h15,17-22H,4-14H2,1-3H3,(H,28,30)(H,31,32)(H,33,34)(H,35,36)(H,37,38);5-6H,3-4H2,1-2H3;4H,1-3,5H2;1H4;1H2/p-3. The highest BCUT2D eigenvalue weighted by Gasteiger charge is 2.40. The third kappa shape index (κ3) is 17.9. The third-order valence-corrected chi connectivity index (χ3v) is 11.1. The Hall–Kier alpha value is -3.92. The monoisotopic (exact) mass is 799 g/mol. The minimum Gasteiger partial charge on any atom is -0.550 e. The van der Waals surface area contributed by atoms with E-state index in [4.69, 9.17) is 5.73 Å². The fraction of sp³-hybridized carbons (Fsp3) is 0.800. The molecular weight excluding hydrogens is 732 g/mol. The quantitative estimate of drug-likeness (QED) is 0.101. The van der Waals surface area contributed by atoms with Gasteiger partial charge in [-0.05, 0) is 77.6 Å². The van der Waals surface area contributed by atoms with Crippen molar-refractivity contribution in [2.24, 2.45) is 53.1 Å². The van der Waals surface area contributed by atoms with Crippen molar-refractivity contribution in [3.05, 3.63) is 0 Å². The van der Waals surface area contributed by atoms with E-state index in [-0.39, 0.29) is 93.4 Å². The summed E-state index contributed by atoms with van der Waals surface area (Å²) in [6.07, 6.45) is 8.53. The van der Waals surface area contributed by atoms with Crippen molar-refractivity contribution >= 4 is 47.5 Å². The number of carbonyl (C=O) groups is 8. The summed E-state index contributed by atoms with van der Waals surface area (Å²) in [4.78, 5) is 93.4. The molecule has 1 saturated heterocycles. The number of hydrogen-bond donors (Lipinski definition) is 3. The largest absolute Gasteiger partial charge is 0.550 e. The van der Waals surface area contributed by atoms with E-state index in [1.54, 1.807) is 13.8 Å². The van der Waals surface area contributed by atoms with E-state index in [2.05, 4.69) is 10.1 Å². The predicted octanol–water partition coefficient (Wildman–Crippen LogP) is 0.867. The SMILES string of the molecule is C.CCCC(C(=O)[O-])C(CCCC(C(=O)[O-])C(CCCC(C(=O)[O-])C(C)C(C)=O)C(=O)NC1CCC1)C(=O)O.CCCC1C(=O)OC(=O)C1C.NC1CCC1.O. The molecule has 16 nitrogen and oxygen atoms in total. The molecule has 0 radical (unpaired) electrons. The van der Waals surface area contributed by atoms with E-state index in [0.29, 0.717) is 12.5 Å². The van der Waals surface area contributed by atoms with Crippen LogP contribution in [-0.2, 0) is 43.1 Å². The van der Waals surface area contributed by atoms with E-state index in [0.717, 1.165) is 32.1 Å². The van der Waals surface area contributed by atoms with Crippen LogP contribution < -0.4 is 26.4 Å². The molecule has 1 heterocycles. The maximum Gasteiger partial charge on any atom is 0.317 e. The average molecular weight is 800 g/mol. The van der Waals surface area contributed by atoms with Crippen molar-refractivity contribution in [3.8, 4) is 0 Å². The van der Waals surface area contributed by atoms with Crippen LogP contribution in [0.2, 0.25) is 0 Å². The summed E-state index contributed by atoms with van der Waals surface area (Å²) in [6, 6.07) is 0.491. The zero-order chi connectivity index (χ0) is 41.1. The molecule has 3 rings (SSSR count). The molecule has 6 N–H and O–H groups in total. The van der Waals surface area contributed by atoms with Gasteiger partial charge in [0.15, 0.2) is 0 Å². The predicted molar refractivity (Wildman–Crippen MR) is 199 cm³/mol. The van der Waals surface area contributed by atoms with Crippen LogP contribution in [0.4, 0.5) is 0 Å². The van der Waals surface area contributed by atoms with Gasteiger partial charge in [-0.3, -0.25) is 24.0 Å². The summed E-state index contributed by atoms with van der Waals surface area (Å²) >= 11 is 0. The Kier molecular flexibility index (Phi) is 26.7. The molecule has 3 fully saturated rings. The van der Waals surface area contributed by atoms with Crippen LogP contribution in [0.5, 0.6) is 0 Å². The highest BCUT2D eigenvalue weighted by Crippen LogP contribution is 2.31. The summed E-state index contributed by atoms with van der Waals surface area (Å²) in [6.45, 7) is 8.20. The van der Waals surface area contributed by atoms with Crippen molar-refractivity contribution in [2.75, 3.05) is 0 Å². The van der Waals surface area contributed by atoms with Gasteiger partial charge in [0.25, 0.3) is 0 Å². The molecular formula is C40H67N2O14-3. The summed E-state index contributed by atoms with van der Waals surface area (Å²) in [5, 5.41) is 47.5. The first-order valence-corrected chi connectivity index (χ1v) is 19.5. The number of carboxylic acid groups (broad SMARTS) is 4. The van der Waals surface area contributed by atoms with E-state index in [9.17, 15) is 58.8 Å². The number of Topliss-reactive ketones (excluding diaryl/α,β-unsaturated/α-hetero) is 1. The molecule has 8 atom stereocenters. The van der Waals surface area contributed by atoms with Crippen LogP contribution in [0.25, 0.3) is 0 Å². The average Bonchev–Trinajstić information content (AvgIpc) is 3.30. The second kappa shape index (κ2) is 27.6. The number of nitrogens with two attached hydrogens (primary N) is 1. The Bertz CT molecular complexity index is 1280. The number of esters is 2. The number of cyclic esters (lactones) is 2. The Morgan fingerprint density at radius 1 is 0.768 bits per heavy atom. The molecule has 0 bridgehead atoms. The molecule has 2 saturated carbocycles. The Balaban J connectivity index is 0. The number of rotatable bonds is 22. The van der Waals surface area contributed by atoms with Crippen molar-refractivity contribution in [3.63, 3.8) is 0 Å². The van der Waals surface area contributed by atoms with Crippen LogP contribution in [0.1, 0.15) is 145 Å². The summed E-state index contributed by atoms with van der Waals surface area (Å²) in [7, 11) is 0. The van der Waals surface area contributed by atoms with Crippen LogP contribution >= 0.6 is 0 Å². The summed E-state index contributed by atoms with van der Waals surface area (Å²) < 4.78 is 4.46. The lowest BCUT2D eigenvalue weighted by Gasteiger charge is -2.33. The van der Waals surface area contributed by atoms with E-state index >= 15 is 0 Å². The first kappa shape index (κ1) is 54.2. The van der Waals surface area contributed by atoms with Gasteiger partial charge >= 0.3 is 17.9 Å². The first-order valence-electron chi connectivity index (χ1n) is 19.5. The molecule has 324 valence electrons.